The normalized spacial score (nSPS) is 15.3. The fourth-order valence-corrected chi connectivity index (χ4v) is 3.02. The van der Waals surface area contributed by atoms with Crippen LogP contribution in [-0.4, -0.2) is 78.1 Å². The van der Waals surface area contributed by atoms with Gasteiger partial charge in [0.25, 0.3) is 0 Å². The van der Waals surface area contributed by atoms with E-state index in [1.807, 2.05) is 9.80 Å². The number of hydrogen-bond donors (Lipinski definition) is 1. The van der Waals surface area contributed by atoms with Crippen molar-refractivity contribution in [2.24, 2.45) is 0 Å². The molecule has 0 radical (unpaired) electrons. The van der Waals surface area contributed by atoms with Crippen molar-refractivity contribution in [2.75, 3.05) is 57.9 Å². The van der Waals surface area contributed by atoms with Crippen LogP contribution in [0.2, 0.25) is 0 Å². The number of methoxy groups -OCH3 is 1. The van der Waals surface area contributed by atoms with Crippen LogP contribution in [0.3, 0.4) is 0 Å². The summed E-state index contributed by atoms with van der Waals surface area (Å²) < 4.78 is 6.39. The van der Waals surface area contributed by atoms with E-state index in [9.17, 15) is 14.9 Å². The predicted octanol–water partition coefficient (Wildman–Crippen LogP) is 0.127. The van der Waals surface area contributed by atoms with E-state index < -0.39 is 4.92 Å². The van der Waals surface area contributed by atoms with Crippen molar-refractivity contribution in [1.29, 1.82) is 0 Å². The highest BCUT2D eigenvalue weighted by molar-refractivity contribution is 5.78. The van der Waals surface area contributed by atoms with E-state index in [2.05, 4.69) is 10.3 Å². The molecule has 0 spiro atoms. The molecule has 2 aromatic heterocycles. The molecule has 1 amide bonds. The Balaban J connectivity index is 1.63. The first-order valence-electron chi connectivity index (χ1n) is 8.44. The van der Waals surface area contributed by atoms with Crippen molar-refractivity contribution in [3.05, 3.63) is 34.5 Å². The van der Waals surface area contributed by atoms with Gasteiger partial charge in [-0.1, -0.05) is 6.07 Å². The molecule has 10 heteroatoms. The molecule has 0 aromatic carbocycles. The topological polar surface area (TPSA) is 105 Å². The Labute approximate surface area is 150 Å². The summed E-state index contributed by atoms with van der Waals surface area (Å²) in [6, 6.07) is 5.29. The molecule has 0 atom stereocenters. The quantitative estimate of drug-likeness (QED) is 0.424. The molecule has 0 aliphatic carbocycles. The third-order valence-corrected chi connectivity index (χ3v) is 4.33. The van der Waals surface area contributed by atoms with Crippen LogP contribution in [0.5, 0.6) is 0 Å². The summed E-state index contributed by atoms with van der Waals surface area (Å²) in [6.45, 7) is 3.72. The first kappa shape index (κ1) is 18.1. The van der Waals surface area contributed by atoms with Gasteiger partial charge in [-0.05, 0) is 11.0 Å². The third-order valence-electron chi connectivity index (χ3n) is 4.33. The van der Waals surface area contributed by atoms with Gasteiger partial charge in [-0.25, -0.2) is 0 Å². The second kappa shape index (κ2) is 8.11. The molecule has 2 aromatic rings. The Morgan fingerprint density at radius 1 is 1.35 bits per heavy atom. The highest BCUT2D eigenvalue weighted by atomic mass is 16.6. The molecule has 1 N–H and O–H groups in total. The minimum atomic E-state index is -0.398. The van der Waals surface area contributed by atoms with Crippen molar-refractivity contribution in [3.63, 3.8) is 0 Å². The van der Waals surface area contributed by atoms with Crippen LogP contribution >= 0.6 is 0 Å². The zero-order valence-electron chi connectivity index (χ0n) is 14.6. The first-order chi connectivity index (χ1) is 12.6. The summed E-state index contributed by atoms with van der Waals surface area (Å²) in [5.74, 6) is 0.311. The van der Waals surface area contributed by atoms with E-state index in [-0.39, 0.29) is 11.7 Å². The predicted molar refractivity (Wildman–Crippen MR) is 95.4 cm³/mol. The van der Waals surface area contributed by atoms with Crippen molar-refractivity contribution in [1.82, 2.24) is 19.6 Å². The van der Waals surface area contributed by atoms with Crippen molar-refractivity contribution in [3.8, 4) is 0 Å². The Bertz CT molecular complexity index is 784. The number of rotatable bonds is 7. The van der Waals surface area contributed by atoms with Gasteiger partial charge >= 0.3 is 5.82 Å². The molecule has 1 aliphatic rings. The maximum absolute atomic E-state index is 11.9. The molecule has 0 bridgehead atoms. The number of nitrogens with zero attached hydrogens (tertiary/aromatic N) is 5. The number of nitrogens with one attached hydrogen (secondary N) is 1. The fourth-order valence-electron chi connectivity index (χ4n) is 3.02. The summed E-state index contributed by atoms with van der Waals surface area (Å²) in [6.07, 6.45) is 1.64. The van der Waals surface area contributed by atoms with Crippen LogP contribution in [0.4, 0.5) is 11.6 Å². The molecule has 1 fully saturated rings. The molecule has 1 aliphatic heterocycles. The number of piperazine rings is 1. The van der Waals surface area contributed by atoms with E-state index in [4.69, 9.17) is 4.74 Å². The van der Waals surface area contributed by atoms with E-state index in [1.54, 1.807) is 31.5 Å². The molecule has 0 unspecified atom stereocenters. The van der Waals surface area contributed by atoms with Crippen LogP contribution in [0.15, 0.2) is 24.4 Å². The number of carbonyl (C=O) groups excluding carboxylic acids is 1. The highest BCUT2D eigenvalue weighted by Crippen LogP contribution is 2.29. The lowest BCUT2D eigenvalue weighted by molar-refractivity contribution is -0.389. The van der Waals surface area contributed by atoms with Crippen LogP contribution in [-0.2, 0) is 9.53 Å². The third kappa shape index (κ3) is 3.92. The molecule has 3 heterocycles. The number of carbonyl (C=O) groups is 1. The highest BCUT2D eigenvalue weighted by Gasteiger charge is 2.29. The van der Waals surface area contributed by atoms with Gasteiger partial charge in [0.05, 0.1) is 19.3 Å². The van der Waals surface area contributed by atoms with Gasteiger partial charge in [0.2, 0.25) is 17.4 Å². The molecular formula is C16H22N6O4. The second-order valence-corrected chi connectivity index (χ2v) is 6.05. The largest absolute Gasteiger partial charge is 0.383 e. The molecule has 10 nitrogen and oxygen atoms in total. The number of amides is 1. The number of pyridine rings is 1. The van der Waals surface area contributed by atoms with Crippen molar-refractivity contribution < 1.29 is 14.5 Å². The summed E-state index contributed by atoms with van der Waals surface area (Å²) in [7, 11) is 1.59. The smallest absolute Gasteiger partial charge is 0.372 e. The summed E-state index contributed by atoms with van der Waals surface area (Å²) in [4.78, 5) is 31.4. The zero-order valence-corrected chi connectivity index (χ0v) is 14.6. The number of hydrogen-bond acceptors (Lipinski definition) is 7. The fraction of sp³-hybridized carbons (Fsp3) is 0.500. The number of anilines is 1. The molecule has 140 valence electrons. The SMILES string of the molecule is COCCNC(=O)CN1CCN(c2nc3ccccn3c2[N+](=O)[O-])CC1. The number of aromatic nitrogens is 2. The van der Waals surface area contributed by atoms with Gasteiger partial charge in [-0.2, -0.15) is 9.38 Å². The standard InChI is InChI=1S/C16H22N6O4/c1-26-11-5-17-14(23)12-19-7-9-20(10-8-19)15-16(22(24)25)21-6-3-2-4-13(21)18-15/h2-4,6H,5,7-12H2,1H3,(H,17,23). The lowest BCUT2D eigenvalue weighted by atomic mass is 10.3. The van der Waals surface area contributed by atoms with E-state index in [0.29, 0.717) is 57.3 Å². The van der Waals surface area contributed by atoms with Crippen LogP contribution in [0.1, 0.15) is 0 Å². The van der Waals surface area contributed by atoms with Crippen molar-refractivity contribution in [2.45, 2.75) is 0 Å². The summed E-state index contributed by atoms with van der Waals surface area (Å²) >= 11 is 0. The minimum Gasteiger partial charge on any atom is -0.383 e. The van der Waals surface area contributed by atoms with Crippen LogP contribution < -0.4 is 10.2 Å². The Kier molecular flexibility index (Phi) is 5.64. The summed E-state index contributed by atoms with van der Waals surface area (Å²) in [5.41, 5.74) is 0.550. The molecule has 1 saturated heterocycles. The first-order valence-corrected chi connectivity index (χ1v) is 8.44. The number of fused-ring (bicyclic) bond motifs is 1. The number of imidazole rings is 1. The van der Waals surface area contributed by atoms with Gasteiger partial charge in [0.1, 0.15) is 0 Å². The Morgan fingerprint density at radius 2 is 2.12 bits per heavy atom. The van der Waals surface area contributed by atoms with Crippen LogP contribution in [0.25, 0.3) is 5.65 Å². The lowest BCUT2D eigenvalue weighted by Gasteiger charge is -2.34. The zero-order chi connectivity index (χ0) is 18.5. The molecule has 26 heavy (non-hydrogen) atoms. The van der Waals surface area contributed by atoms with E-state index >= 15 is 0 Å². The number of nitro groups is 1. The van der Waals surface area contributed by atoms with Gasteiger partial charge in [-0.15, -0.1) is 0 Å². The number of ether oxygens (including phenoxy) is 1. The Hall–Kier alpha value is -2.72. The second-order valence-electron chi connectivity index (χ2n) is 6.05. The molecule has 0 saturated carbocycles. The van der Waals surface area contributed by atoms with Gasteiger partial charge < -0.3 is 25.1 Å². The average molecular weight is 362 g/mol. The maximum Gasteiger partial charge on any atom is 0.372 e. The van der Waals surface area contributed by atoms with Crippen molar-refractivity contribution >= 4 is 23.2 Å². The summed E-state index contributed by atoms with van der Waals surface area (Å²) in [5, 5.41) is 14.3. The molecule has 3 rings (SSSR count). The van der Waals surface area contributed by atoms with Gasteiger partial charge in [-0.3, -0.25) is 9.69 Å². The maximum atomic E-state index is 11.9. The van der Waals surface area contributed by atoms with E-state index in [0.717, 1.165) is 0 Å². The molecular weight excluding hydrogens is 340 g/mol. The van der Waals surface area contributed by atoms with Gasteiger partial charge in [0, 0.05) is 45.9 Å². The van der Waals surface area contributed by atoms with E-state index in [1.165, 1.54) is 4.40 Å². The van der Waals surface area contributed by atoms with Crippen LogP contribution in [0, 0.1) is 10.1 Å². The lowest BCUT2D eigenvalue weighted by Crippen LogP contribution is -2.50. The van der Waals surface area contributed by atoms with Gasteiger partial charge in [0.15, 0.2) is 0 Å². The minimum absolute atomic E-state index is 0.0219. The monoisotopic (exact) mass is 362 g/mol. The average Bonchev–Trinajstić information content (AvgIpc) is 3.02. The Morgan fingerprint density at radius 3 is 2.81 bits per heavy atom.